The smallest absolute Gasteiger partial charge is 0.169 e. The topological polar surface area (TPSA) is 73.0 Å². The van der Waals surface area contributed by atoms with E-state index in [0.717, 1.165) is 50.0 Å². The van der Waals surface area contributed by atoms with Crippen molar-refractivity contribution in [2.24, 2.45) is 11.8 Å². The predicted molar refractivity (Wildman–Crippen MR) is 79.9 cm³/mol. The summed E-state index contributed by atoms with van der Waals surface area (Å²) in [7, 11) is 0. The summed E-state index contributed by atoms with van der Waals surface area (Å²) in [5.41, 5.74) is 2.64. The van der Waals surface area contributed by atoms with Gasteiger partial charge in [-0.05, 0) is 37.2 Å². The molecule has 1 aliphatic heterocycles. The van der Waals surface area contributed by atoms with Crippen LogP contribution in [0.2, 0.25) is 0 Å². The molecule has 2 fully saturated rings. The molecule has 0 radical (unpaired) electrons. The molecule has 21 heavy (non-hydrogen) atoms. The minimum Gasteiger partial charge on any atom is -0.393 e. The van der Waals surface area contributed by atoms with E-state index < -0.39 is 0 Å². The Morgan fingerprint density at radius 3 is 2.67 bits per heavy atom. The summed E-state index contributed by atoms with van der Waals surface area (Å²) in [6, 6.07) is 2.34. The highest BCUT2D eigenvalue weighted by Gasteiger charge is 2.43. The van der Waals surface area contributed by atoms with Gasteiger partial charge in [0.1, 0.15) is 11.6 Å². The highest BCUT2D eigenvalue weighted by atomic mass is 16.3. The molecule has 112 valence electrons. The molecule has 1 aromatic heterocycles. The van der Waals surface area contributed by atoms with Gasteiger partial charge in [-0.15, -0.1) is 5.10 Å². The Balaban J connectivity index is 1.95. The van der Waals surface area contributed by atoms with Crippen molar-refractivity contribution in [3.63, 3.8) is 0 Å². The van der Waals surface area contributed by atoms with Gasteiger partial charge in [0.15, 0.2) is 5.82 Å². The van der Waals surface area contributed by atoms with Gasteiger partial charge in [-0.25, -0.2) is 0 Å². The molecule has 1 N–H and O–H groups in total. The molecule has 5 heteroatoms. The van der Waals surface area contributed by atoms with E-state index in [1.165, 1.54) is 0 Å². The molecule has 3 unspecified atom stereocenters. The van der Waals surface area contributed by atoms with Crippen molar-refractivity contribution in [1.82, 2.24) is 10.2 Å². The van der Waals surface area contributed by atoms with E-state index in [9.17, 15) is 10.4 Å². The molecule has 2 heterocycles. The van der Waals surface area contributed by atoms with Crippen molar-refractivity contribution < 1.29 is 5.11 Å². The molecule has 1 saturated carbocycles. The van der Waals surface area contributed by atoms with Gasteiger partial charge in [0.2, 0.25) is 0 Å². The van der Waals surface area contributed by atoms with Gasteiger partial charge >= 0.3 is 0 Å². The number of nitrogens with zero attached hydrogens (tertiary/aromatic N) is 4. The molecule has 1 saturated heterocycles. The van der Waals surface area contributed by atoms with E-state index in [0.29, 0.717) is 23.2 Å². The van der Waals surface area contributed by atoms with Gasteiger partial charge in [-0.2, -0.15) is 10.4 Å². The van der Waals surface area contributed by atoms with E-state index in [2.05, 4.69) is 28.1 Å². The number of hydrogen-bond donors (Lipinski definition) is 1. The number of anilines is 1. The van der Waals surface area contributed by atoms with Gasteiger partial charge < -0.3 is 10.0 Å². The van der Waals surface area contributed by atoms with E-state index >= 15 is 0 Å². The number of aliphatic hydroxyl groups excluding tert-OH is 1. The molecular formula is C16H22N4O. The zero-order chi connectivity index (χ0) is 15.0. The highest BCUT2D eigenvalue weighted by Crippen LogP contribution is 2.40. The van der Waals surface area contributed by atoms with E-state index in [1.54, 1.807) is 0 Å². The average Bonchev–Trinajstić information content (AvgIpc) is 3.07. The van der Waals surface area contributed by atoms with Crippen LogP contribution in [0.25, 0.3) is 0 Å². The van der Waals surface area contributed by atoms with Crippen LogP contribution in [0.3, 0.4) is 0 Å². The first-order valence-corrected chi connectivity index (χ1v) is 7.91. The second-order valence-corrected chi connectivity index (χ2v) is 6.12. The largest absolute Gasteiger partial charge is 0.393 e. The predicted octanol–water partition coefficient (Wildman–Crippen LogP) is 1.68. The normalized spacial score (nSPS) is 27.7. The molecule has 5 nitrogen and oxygen atoms in total. The van der Waals surface area contributed by atoms with Crippen LogP contribution in [0.15, 0.2) is 0 Å². The molecule has 1 aliphatic carbocycles. The summed E-state index contributed by atoms with van der Waals surface area (Å²) in [5.74, 6) is 1.58. The van der Waals surface area contributed by atoms with Gasteiger partial charge in [-0.1, -0.05) is 13.8 Å². The lowest BCUT2D eigenvalue weighted by molar-refractivity contribution is 0.133. The SMILES string of the molecule is CCc1nnc(N2CC3CCC(O)C3C2)c(C#N)c1CC. The Kier molecular flexibility index (Phi) is 3.81. The van der Waals surface area contributed by atoms with Crippen molar-refractivity contribution in [3.8, 4) is 6.07 Å². The number of aryl methyl sites for hydroxylation is 1. The second-order valence-electron chi connectivity index (χ2n) is 6.12. The van der Waals surface area contributed by atoms with Crippen molar-refractivity contribution in [2.75, 3.05) is 18.0 Å². The monoisotopic (exact) mass is 286 g/mol. The number of aliphatic hydroxyl groups is 1. The number of hydrogen-bond acceptors (Lipinski definition) is 5. The zero-order valence-electron chi connectivity index (χ0n) is 12.7. The number of aromatic nitrogens is 2. The minimum absolute atomic E-state index is 0.195. The molecule has 3 rings (SSSR count). The van der Waals surface area contributed by atoms with Crippen molar-refractivity contribution in [1.29, 1.82) is 5.26 Å². The van der Waals surface area contributed by atoms with Gasteiger partial charge in [0, 0.05) is 19.0 Å². The third kappa shape index (κ3) is 2.28. The summed E-state index contributed by atoms with van der Waals surface area (Å²) in [6.07, 6.45) is 3.40. The summed E-state index contributed by atoms with van der Waals surface area (Å²) in [5, 5.41) is 28.3. The maximum absolute atomic E-state index is 10.0. The van der Waals surface area contributed by atoms with Crippen LogP contribution in [0.4, 0.5) is 5.82 Å². The Bertz CT molecular complexity index is 580. The van der Waals surface area contributed by atoms with Crippen molar-refractivity contribution in [3.05, 3.63) is 16.8 Å². The Labute approximate surface area is 125 Å². The summed E-state index contributed by atoms with van der Waals surface area (Å²) in [6.45, 7) is 5.79. The third-order valence-corrected chi connectivity index (χ3v) is 5.06. The summed E-state index contributed by atoms with van der Waals surface area (Å²) in [4.78, 5) is 2.15. The fourth-order valence-corrected chi connectivity index (χ4v) is 3.91. The molecule has 0 aromatic carbocycles. The third-order valence-electron chi connectivity index (χ3n) is 5.06. The lowest BCUT2D eigenvalue weighted by Crippen LogP contribution is -2.27. The van der Waals surface area contributed by atoms with Crippen LogP contribution in [0.5, 0.6) is 0 Å². The Hall–Kier alpha value is -1.67. The first-order chi connectivity index (χ1) is 10.2. The van der Waals surface area contributed by atoms with E-state index in [4.69, 9.17) is 0 Å². The molecule has 0 bridgehead atoms. The lowest BCUT2D eigenvalue weighted by atomic mass is 10.00. The fourth-order valence-electron chi connectivity index (χ4n) is 3.91. The standard InChI is InChI=1S/C16H22N4O/c1-3-11-12(7-17)16(19-18-14(11)4-2)20-8-10-5-6-15(21)13(10)9-20/h10,13,15,21H,3-6,8-9H2,1-2H3. The highest BCUT2D eigenvalue weighted by molar-refractivity contribution is 5.58. The van der Waals surface area contributed by atoms with Crippen LogP contribution in [-0.2, 0) is 12.8 Å². The quantitative estimate of drug-likeness (QED) is 0.915. The van der Waals surface area contributed by atoms with E-state index in [-0.39, 0.29) is 6.10 Å². The van der Waals surface area contributed by atoms with Crippen LogP contribution >= 0.6 is 0 Å². The number of nitriles is 1. The Morgan fingerprint density at radius 2 is 2.05 bits per heavy atom. The lowest BCUT2D eigenvalue weighted by Gasteiger charge is -2.21. The average molecular weight is 286 g/mol. The number of rotatable bonds is 3. The first kappa shape index (κ1) is 14.3. The van der Waals surface area contributed by atoms with Gasteiger partial charge in [-0.3, -0.25) is 0 Å². The molecular weight excluding hydrogens is 264 g/mol. The van der Waals surface area contributed by atoms with E-state index in [1.807, 2.05) is 6.92 Å². The zero-order valence-corrected chi connectivity index (χ0v) is 12.7. The molecule has 2 aliphatic rings. The van der Waals surface area contributed by atoms with Crippen LogP contribution in [-0.4, -0.2) is 34.5 Å². The minimum atomic E-state index is -0.195. The second kappa shape index (κ2) is 5.61. The maximum atomic E-state index is 10.0. The van der Waals surface area contributed by atoms with Crippen molar-refractivity contribution in [2.45, 2.75) is 45.6 Å². The first-order valence-electron chi connectivity index (χ1n) is 7.91. The summed E-state index contributed by atoms with van der Waals surface area (Å²) >= 11 is 0. The van der Waals surface area contributed by atoms with Gasteiger partial charge in [0.05, 0.1) is 11.8 Å². The molecule has 1 aromatic rings. The Morgan fingerprint density at radius 1 is 1.24 bits per heavy atom. The van der Waals surface area contributed by atoms with Crippen molar-refractivity contribution >= 4 is 5.82 Å². The molecule has 3 atom stereocenters. The maximum Gasteiger partial charge on any atom is 0.169 e. The summed E-state index contributed by atoms with van der Waals surface area (Å²) < 4.78 is 0. The molecule has 0 spiro atoms. The van der Waals surface area contributed by atoms with Gasteiger partial charge in [0.25, 0.3) is 0 Å². The fraction of sp³-hybridized carbons (Fsp3) is 0.688. The number of fused-ring (bicyclic) bond motifs is 1. The van der Waals surface area contributed by atoms with Crippen LogP contribution in [0, 0.1) is 23.2 Å². The molecule has 0 amide bonds. The van der Waals surface area contributed by atoms with Crippen LogP contribution < -0.4 is 4.90 Å². The van der Waals surface area contributed by atoms with Crippen LogP contribution in [0.1, 0.15) is 43.5 Å².